The number of aromatic hydroxyl groups is 1. The zero-order valence-electron chi connectivity index (χ0n) is 10.3. The van der Waals surface area contributed by atoms with Gasteiger partial charge in [0, 0.05) is 5.56 Å². The highest BCUT2D eigenvalue weighted by Gasteiger charge is 2.04. The minimum absolute atomic E-state index is 0.0507. The van der Waals surface area contributed by atoms with E-state index in [9.17, 15) is 5.11 Å². The summed E-state index contributed by atoms with van der Waals surface area (Å²) in [4.78, 5) is 0. The zero-order valence-corrected chi connectivity index (χ0v) is 11.1. The van der Waals surface area contributed by atoms with Crippen LogP contribution in [0.1, 0.15) is 5.56 Å². The summed E-state index contributed by atoms with van der Waals surface area (Å²) in [6, 6.07) is 12.4. The van der Waals surface area contributed by atoms with Gasteiger partial charge in [-0.2, -0.15) is 5.10 Å². The van der Waals surface area contributed by atoms with Crippen molar-refractivity contribution in [2.75, 3.05) is 12.5 Å². The fourth-order valence-electron chi connectivity index (χ4n) is 1.53. The predicted molar refractivity (Wildman–Crippen MR) is 77.3 cm³/mol. The molecule has 0 spiro atoms. The summed E-state index contributed by atoms with van der Waals surface area (Å²) in [7, 11) is 1.50. The molecule has 2 N–H and O–H groups in total. The fraction of sp³-hybridized carbons (Fsp3) is 0.0714. The monoisotopic (exact) mass is 276 g/mol. The summed E-state index contributed by atoms with van der Waals surface area (Å²) >= 11 is 5.98. The van der Waals surface area contributed by atoms with Crippen molar-refractivity contribution in [3.05, 3.63) is 53.1 Å². The molecule has 2 aromatic carbocycles. The standard InChI is InChI=1S/C14H13ClN2O2/c1-19-13-8-4-5-10(14(13)18)9-16-17-12-7-3-2-6-11(12)15/h2-9,17-18H,1H3/b16-9+. The highest BCUT2D eigenvalue weighted by molar-refractivity contribution is 6.33. The number of para-hydroxylation sites is 2. The molecule has 0 bridgehead atoms. The van der Waals surface area contributed by atoms with E-state index in [0.29, 0.717) is 22.0 Å². The van der Waals surface area contributed by atoms with Gasteiger partial charge in [0.1, 0.15) is 0 Å². The van der Waals surface area contributed by atoms with Crippen molar-refractivity contribution in [3.63, 3.8) is 0 Å². The first-order valence-electron chi connectivity index (χ1n) is 5.62. The van der Waals surface area contributed by atoms with Crippen molar-refractivity contribution in [1.29, 1.82) is 0 Å². The normalized spacial score (nSPS) is 10.6. The van der Waals surface area contributed by atoms with Gasteiger partial charge in [0.25, 0.3) is 0 Å². The number of ether oxygens (including phenoxy) is 1. The maximum Gasteiger partial charge on any atom is 0.166 e. The maximum atomic E-state index is 9.87. The largest absolute Gasteiger partial charge is 0.504 e. The third-order valence-electron chi connectivity index (χ3n) is 2.51. The van der Waals surface area contributed by atoms with Crippen LogP contribution in [0.5, 0.6) is 11.5 Å². The molecule has 0 aliphatic rings. The molecule has 0 amide bonds. The minimum Gasteiger partial charge on any atom is -0.504 e. The molecule has 0 saturated carbocycles. The van der Waals surface area contributed by atoms with Gasteiger partial charge in [0.2, 0.25) is 0 Å². The second kappa shape index (κ2) is 6.11. The van der Waals surface area contributed by atoms with Crippen molar-refractivity contribution in [2.24, 2.45) is 5.10 Å². The van der Waals surface area contributed by atoms with E-state index in [1.54, 1.807) is 24.3 Å². The number of hydrogen-bond donors (Lipinski definition) is 2. The van der Waals surface area contributed by atoms with Gasteiger partial charge in [-0.1, -0.05) is 29.8 Å². The van der Waals surface area contributed by atoms with Crippen LogP contribution in [-0.2, 0) is 0 Å². The maximum absolute atomic E-state index is 9.87. The lowest BCUT2D eigenvalue weighted by molar-refractivity contribution is 0.373. The quantitative estimate of drug-likeness (QED) is 0.664. The lowest BCUT2D eigenvalue weighted by Crippen LogP contribution is -1.93. The Morgan fingerprint density at radius 1 is 1.21 bits per heavy atom. The molecule has 0 heterocycles. The molecule has 0 aliphatic heterocycles. The van der Waals surface area contributed by atoms with Gasteiger partial charge < -0.3 is 9.84 Å². The number of hydrazone groups is 1. The number of methoxy groups -OCH3 is 1. The molecule has 5 heteroatoms. The number of phenolic OH excluding ortho intramolecular Hbond substituents is 1. The molecule has 0 radical (unpaired) electrons. The topological polar surface area (TPSA) is 53.8 Å². The van der Waals surface area contributed by atoms with Crippen molar-refractivity contribution in [3.8, 4) is 11.5 Å². The first-order valence-corrected chi connectivity index (χ1v) is 5.99. The van der Waals surface area contributed by atoms with E-state index in [0.717, 1.165) is 0 Å². The number of hydrogen-bond acceptors (Lipinski definition) is 4. The lowest BCUT2D eigenvalue weighted by atomic mass is 10.2. The molecule has 0 aromatic heterocycles. The average Bonchev–Trinajstić information content (AvgIpc) is 2.43. The number of rotatable bonds is 4. The van der Waals surface area contributed by atoms with E-state index < -0.39 is 0 Å². The van der Waals surface area contributed by atoms with Crippen LogP contribution in [0.25, 0.3) is 0 Å². The molecule has 98 valence electrons. The summed E-state index contributed by atoms with van der Waals surface area (Å²) in [5.41, 5.74) is 4.06. The Hall–Kier alpha value is -2.20. The van der Waals surface area contributed by atoms with Crippen LogP contribution in [0.3, 0.4) is 0 Å². The molecular weight excluding hydrogens is 264 g/mol. The van der Waals surface area contributed by atoms with Crippen LogP contribution in [0, 0.1) is 0 Å². The summed E-state index contributed by atoms with van der Waals surface area (Å²) < 4.78 is 5.02. The second-order valence-corrected chi connectivity index (χ2v) is 4.16. The third-order valence-corrected chi connectivity index (χ3v) is 2.84. The number of nitrogens with zero attached hydrogens (tertiary/aromatic N) is 1. The van der Waals surface area contributed by atoms with E-state index in [1.165, 1.54) is 13.3 Å². The van der Waals surface area contributed by atoms with Crippen molar-refractivity contribution in [2.45, 2.75) is 0 Å². The van der Waals surface area contributed by atoms with Crippen LogP contribution < -0.4 is 10.2 Å². The van der Waals surface area contributed by atoms with Gasteiger partial charge >= 0.3 is 0 Å². The average molecular weight is 277 g/mol. The van der Waals surface area contributed by atoms with Crippen molar-refractivity contribution >= 4 is 23.5 Å². The van der Waals surface area contributed by atoms with Crippen LogP contribution in [0.2, 0.25) is 5.02 Å². The first kappa shape index (κ1) is 13.2. The number of phenols is 1. The van der Waals surface area contributed by atoms with Crippen LogP contribution in [0.4, 0.5) is 5.69 Å². The van der Waals surface area contributed by atoms with E-state index in [4.69, 9.17) is 16.3 Å². The van der Waals surface area contributed by atoms with Gasteiger partial charge in [0.15, 0.2) is 11.5 Å². The highest BCUT2D eigenvalue weighted by Crippen LogP contribution is 2.28. The minimum atomic E-state index is 0.0507. The Kier molecular flexibility index (Phi) is 4.26. The molecule has 0 saturated heterocycles. The van der Waals surface area contributed by atoms with Gasteiger partial charge in [-0.25, -0.2) is 0 Å². The van der Waals surface area contributed by atoms with Gasteiger partial charge in [-0.15, -0.1) is 0 Å². The Bertz CT molecular complexity index is 600. The summed E-state index contributed by atoms with van der Waals surface area (Å²) in [5, 5.41) is 14.5. The zero-order chi connectivity index (χ0) is 13.7. The second-order valence-electron chi connectivity index (χ2n) is 3.75. The smallest absolute Gasteiger partial charge is 0.166 e. The van der Waals surface area contributed by atoms with E-state index >= 15 is 0 Å². The van der Waals surface area contributed by atoms with Crippen LogP contribution in [-0.4, -0.2) is 18.4 Å². The van der Waals surface area contributed by atoms with Gasteiger partial charge in [-0.3, -0.25) is 5.43 Å². The summed E-state index contributed by atoms with van der Waals surface area (Å²) in [5.74, 6) is 0.455. The summed E-state index contributed by atoms with van der Waals surface area (Å²) in [6.07, 6.45) is 1.50. The molecule has 2 aromatic rings. The fourth-order valence-corrected chi connectivity index (χ4v) is 1.71. The number of nitrogens with one attached hydrogen (secondary N) is 1. The SMILES string of the molecule is COc1cccc(/C=N/Nc2ccccc2Cl)c1O. The molecule has 0 aliphatic carbocycles. The van der Waals surface area contributed by atoms with Gasteiger partial charge in [0.05, 0.1) is 24.0 Å². The Morgan fingerprint density at radius 3 is 2.74 bits per heavy atom. The number of anilines is 1. The molecule has 4 nitrogen and oxygen atoms in total. The highest BCUT2D eigenvalue weighted by atomic mass is 35.5. The van der Waals surface area contributed by atoms with E-state index in [-0.39, 0.29) is 5.75 Å². The number of halogens is 1. The molecule has 0 unspecified atom stereocenters. The predicted octanol–water partition coefficient (Wildman–Crippen LogP) is 3.50. The molecule has 0 fully saturated rings. The molecule has 2 rings (SSSR count). The third kappa shape index (κ3) is 3.17. The van der Waals surface area contributed by atoms with Crippen LogP contribution >= 0.6 is 11.6 Å². The van der Waals surface area contributed by atoms with Crippen molar-refractivity contribution < 1.29 is 9.84 Å². The summed E-state index contributed by atoms with van der Waals surface area (Å²) in [6.45, 7) is 0. The van der Waals surface area contributed by atoms with E-state index in [1.807, 2.05) is 18.2 Å². The lowest BCUT2D eigenvalue weighted by Gasteiger charge is -2.05. The first-order chi connectivity index (χ1) is 9.22. The Balaban J connectivity index is 2.14. The molecular formula is C14H13ClN2O2. The van der Waals surface area contributed by atoms with Crippen molar-refractivity contribution in [1.82, 2.24) is 0 Å². The Morgan fingerprint density at radius 2 is 2.00 bits per heavy atom. The molecule has 0 atom stereocenters. The number of benzene rings is 2. The van der Waals surface area contributed by atoms with Gasteiger partial charge in [-0.05, 0) is 24.3 Å². The molecule has 19 heavy (non-hydrogen) atoms. The van der Waals surface area contributed by atoms with Crippen LogP contribution in [0.15, 0.2) is 47.6 Å². The Labute approximate surface area is 116 Å². The van der Waals surface area contributed by atoms with E-state index in [2.05, 4.69) is 10.5 Å².